The Hall–Kier alpha value is -2.35. The number of fused-ring (bicyclic) bond motifs is 1. The summed E-state index contributed by atoms with van der Waals surface area (Å²) in [6.45, 7) is 0. The topological polar surface area (TPSA) is 54.5 Å². The number of hydrogen-bond donors (Lipinski definition) is 0. The van der Waals surface area contributed by atoms with Crippen LogP contribution in [0.1, 0.15) is 0 Å². The Morgan fingerprint density at radius 3 is 2.38 bits per heavy atom. The third-order valence-electron chi connectivity index (χ3n) is 3.73. The second kappa shape index (κ2) is 5.62. The molecule has 24 heavy (non-hydrogen) atoms. The highest BCUT2D eigenvalue weighted by molar-refractivity contribution is 7.94. The SMILES string of the molecule is O=C(N(c1cccc2ccccc12)[C@@H]1C=CS(=O)(=O)C1)C(F)(F)F. The van der Waals surface area contributed by atoms with Crippen molar-refractivity contribution in [1.29, 1.82) is 0 Å². The molecule has 1 amide bonds. The van der Waals surface area contributed by atoms with Gasteiger partial charge in [0.2, 0.25) is 0 Å². The highest BCUT2D eigenvalue weighted by Crippen LogP contribution is 2.33. The van der Waals surface area contributed by atoms with Crippen LogP contribution in [0.5, 0.6) is 0 Å². The van der Waals surface area contributed by atoms with Gasteiger partial charge in [-0.2, -0.15) is 13.2 Å². The quantitative estimate of drug-likeness (QED) is 0.832. The zero-order chi connectivity index (χ0) is 17.5. The molecule has 0 saturated carbocycles. The van der Waals surface area contributed by atoms with Crippen LogP contribution in [0.2, 0.25) is 0 Å². The Balaban J connectivity index is 2.18. The molecule has 3 rings (SSSR count). The minimum atomic E-state index is -5.11. The lowest BCUT2D eigenvalue weighted by Gasteiger charge is -2.29. The van der Waals surface area contributed by atoms with Crippen LogP contribution in [-0.2, 0) is 14.6 Å². The first-order valence-electron chi connectivity index (χ1n) is 6.98. The number of sulfone groups is 1. The van der Waals surface area contributed by atoms with Crippen molar-refractivity contribution in [2.75, 3.05) is 10.7 Å². The number of amides is 1. The molecule has 0 aromatic heterocycles. The summed E-state index contributed by atoms with van der Waals surface area (Å²) in [6, 6.07) is 10.1. The van der Waals surface area contributed by atoms with Crippen molar-refractivity contribution in [2.45, 2.75) is 12.2 Å². The lowest BCUT2D eigenvalue weighted by molar-refractivity contribution is -0.170. The van der Waals surface area contributed by atoms with E-state index in [1.807, 2.05) is 0 Å². The lowest BCUT2D eigenvalue weighted by Crippen LogP contribution is -2.48. The van der Waals surface area contributed by atoms with Crippen LogP contribution in [0.4, 0.5) is 18.9 Å². The second-order valence-corrected chi connectivity index (χ2v) is 7.33. The summed E-state index contributed by atoms with van der Waals surface area (Å²) in [6.07, 6.45) is -4.00. The van der Waals surface area contributed by atoms with Crippen molar-refractivity contribution in [3.63, 3.8) is 0 Å². The monoisotopic (exact) mass is 355 g/mol. The molecule has 0 saturated heterocycles. The number of hydrogen-bond acceptors (Lipinski definition) is 3. The number of alkyl halides is 3. The van der Waals surface area contributed by atoms with Crippen LogP contribution >= 0.6 is 0 Å². The largest absolute Gasteiger partial charge is 0.471 e. The van der Waals surface area contributed by atoms with Gasteiger partial charge in [0, 0.05) is 10.8 Å². The number of carbonyl (C=O) groups excluding carboxylic acids is 1. The summed E-state index contributed by atoms with van der Waals surface area (Å²) in [5, 5.41) is 1.94. The third kappa shape index (κ3) is 3.01. The summed E-state index contributed by atoms with van der Waals surface area (Å²) in [4.78, 5) is 12.5. The Kier molecular flexibility index (Phi) is 3.87. The number of carbonyl (C=O) groups is 1. The standard InChI is InChI=1S/C16H12F3NO3S/c17-16(18,19)15(21)20(12-8-9-24(22,23)10-12)14-7-3-5-11-4-1-2-6-13(11)14/h1-9,12H,10H2/t12-/m1/s1. The Morgan fingerprint density at radius 1 is 1.08 bits per heavy atom. The Labute approximate surface area is 136 Å². The maximum Gasteiger partial charge on any atom is 0.471 e. The summed E-state index contributed by atoms with van der Waals surface area (Å²) < 4.78 is 62.4. The molecule has 0 aliphatic carbocycles. The van der Waals surface area contributed by atoms with E-state index in [2.05, 4.69) is 0 Å². The molecule has 0 radical (unpaired) electrons. The highest BCUT2D eigenvalue weighted by Gasteiger charge is 2.46. The van der Waals surface area contributed by atoms with E-state index in [1.165, 1.54) is 12.1 Å². The molecule has 2 aromatic carbocycles. The van der Waals surface area contributed by atoms with Crippen LogP contribution in [0.3, 0.4) is 0 Å². The minimum Gasteiger partial charge on any atom is -0.296 e. The molecular weight excluding hydrogens is 343 g/mol. The molecule has 8 heteroatoms. The van der Waals surface area contributed by atoms with Crippen LogP contribution < -0.4 is 4.90 Å². The van der Waals surface area contributed by atoms with Gasteiger partial charge < -0.3 is 0 Å². The molecule has 2 aromatic rings. The zero-order valence-corrected chi connectivity index (χ0v) is 13.0. The van der Waals surface area contributed by atoms with Crippen LogP contribution in [-0.4, -0.2) is 32.3 Å². The highest BCUT2D eigenvalue weighted by atomic mass is 32.2. The number of anilines is 1. The summed E-state index contributed by atoms with van der Waals surface area (Å²) in [7, 11) is -3.62. The fraction of sp³-hybridized carbons (Fsp3) is 0.188. The third-order valence-corrected chi connectivity index (χ3v) is 5.11. The van der Waals surface area contributed by atoms with Crippen molar-refractivity contribution >= 4 is 32.2 Å². The molecule has 0 unspecified atom stereocenters. The first-order valence-corrected chi connectivity index (χ1v) is 8.70. The molecule has 0 spiro atoms. The van der Waals surface area contributed by atoms with Crippen molar-refractivity contribution < 1.29 is 26.4 Å². The molecule has 1 aliphatic heterocycles. The fourth-order valence-corrected chi connectivity index (χ4v) is 3.98. The van der Waals surface area contributed by atoms with Gasteiger partial charge in [0.1, 0.15) is 0 Å². The van der Waals surface area contributed by atoms with Crippen molar-refractivity contribution in [3.05, 3.63) is 53.9 Å². The van der Waals surface area contributed by atoms with Gasteiger partial charge in [0.05, 0.1) is 17.5 Å². The maximum atomic E-state index is 13.1. The van der Waals surface area contributed by atoms with E-state index in [0.717, 1.165) is 11.5 Å². The van der Waals surface area contributed by atoms with Crippen molar-refractivity contribution in [2.24, 2.45) is 0 Å². The average molecular weight is 355 g/mol. The van der Waals surface area contributed by atoms with Crippen LogP contribution in [0.25, 0.3) is 10.8 Å². The van der Waals surface area contributed by atoms with E-state index in [0.29, 0.717) is 15.7 Å². The Morgan fingerprint density at radius 2 is 1.75 bits per heavy atom. The second-order valence-electron chi connectivity index (χ2n) is 5.40. The molecule has 0 fully saturated rings. The molecule has 0 bridgehead atoms. The molecule has 1 aliphatic rings. The van der Waals surface area contributed by atoms with E-state index in [-0.39, 0.29) is 5.69 Å². The normalized spacial score (nSPS) is 19.5. The minimum absolute atomic E-state index is 0.0298. The van der Waals surface area contributed by atoms with E-state index in [4.69, 9.17) is 0 Å². The van der Waals surface area contributed by atoms with Gasteiger partial charge >= 0.3 is 12.1 Å². The van der Waals surface area contributed by atoms with Gasteiger partial charge in [0.25, 0.3) is 0 Å². The van der Waals surface area contributed by atoms with E-state index >= 15 is 0 Å². The summed E-state index contributed by atoms with van der Waals surface area (Å²) >= 11 is 0. The number of halogens is 3. The molecule has 4 nitrogen and oxygen atoms in total. The number of rotatable bonds is 2. The first-order chi connectivity index (χ1) is 11.2. The van der Waals surface area contributed by atoms with Crippen LogP contribution in [0.15, 0.2) is 53.9 Å². The van der Waals surface area contributed by atoms with Gasteiger partial charge in [-0.1, -0.05) is 36.4 Å². The lowest BCUT2D eigenvalue weighted by atomic mass is 10.1. The molecule has 126 valence electrons. The Bertz CT molecular complexity index is 930. The average Bonchev–Trinajstić information content (AvgIpc) is 2.86. The predicted molar refractivity (Wildman–Crippen MR) is 84.2 cm³/mol. The van der Waals surface area contributed by atoms with E-state index in [9.17, 15) is 26.4 Å². The maximum absolute atomic E-state index is 13.1. The van der Waals surface area contributed by atoms with E-state index in [1.54, 1.807) is 30.3 Å². The number of benzene rings is 2. The van der Waals surface area contributed by atoms with Gasteiger partial charge in [-0.15, -0.1) is 0 Å². The van der Waals surface area contributed by atoms with Crippen LogP contribution in [0, 0.1) is 0 Å². The summed E-state index contributed by atoms with van der Waals surface area (Å²) in [5.41, 5.74) is 0.0298. The zero-order valence-electron chi connectivity index (χ0n) is 12.2. The predicted octanol–water partition coefficient (Wildman–Crippen LogP) is 3.05. The molecule has 1 heterocycles. The number of nitrogens with zero attached hydrogens (tertiary/aromatic N) is 1. The van der Waals surface area contributed by atoms with Gasteiger partial charge in [-0.25, -0.2) is 8.42 Å². The smallest absolute Gasteiger partial charge is 0.296 e. The molecular formula is C16H12F3NO3S. The molecule has 0 N–H and O–H groups in total. The first kappa shape index (κ1) is 16.5. The van der Waals surface area contributed by atoms with E-state index < -0.39 is 33.7 Å². The van der Waals surface area contributed by atoms with Gasteiger partial charge in [-0.3, -0.25) is 9.69 Å². The summed E-state index contributed by atoms with van der Waals surface area (Å²) in [5.74, 6) is -2.66. The van der Waals surface area contributed by atoms with Crippen molar-refractivity contribution in [3.8, 4) is 0 Å². The van der Waals surface area contributed by atoms with Gasteiger partial charge in [0.15, 0.2) is 9.84 Å². The molecule has 1 atom stereocenters. The fourth-order valence-electron chi connectivity index (χ4n) is 2.71. The van der Waals surface area contributed by atoms with Crippen molar-refractivity contribution in [1.82, 2.24) is 0 Å². The van der Waals surface area contributed by atoms with Gasteiger partial charge in [-0.05, 0) is 17.5 Å².